The predicted molar refractivity (Wildman–Crippen MR) is 105 cm³/mol. The summed E-state index contributed by atoms with van der Waals surface area (Å²) in [5.74, 6) is -0.505. The summed E-state index contributed by atoms with van der Waals surface area (Å²) >= 11 is 2.80. The minimum Gasteiger partial charge on any atom is -0.336 e. The number of aromatic nitrogens is 1. The quantitative estimate of drug-likeness (QED) is 0.670. The first kappa shape index (κ1) is 19.3. The first-order valence-electron chi connectivity index (χ1n) is 9.40. The molecule has 3 N–H and O–H groups in total. The maximum absolute atomic E-state index is 13.6. The minimum atomic E-state index is -4.32. The highest BCUT2D eigenvalue weighted by molar-refractivity contribution is 8.01. The summed E-state index contributed by atoms with van der Waals surface area (Å²) in [6.07, 6.45) is -1.39. The molecule has 0 aliphatic carbocycles. The van der Waals surface area contributed by atoms with E-state index in [1.807, 2.05) is 29.6 Å². The Labute approximate surface area is 173 Å². The van der Waals surface area contributed by atoms with E-state index in [-0.39, 0.29) is 36.4 Å². The molecule has 2 aromatic heterocycles. The average Bonchev–Trinajstić information content (AvgIpc) is 3.35. The van der Waals surface area contributed by atoms with Crippen LogP contribution in [-0.2, 0) is 4.79 Å². The van der Waals surface area contributed by atoms with Crippen LogP contribution in [0, 0.1) is 5.92 Å². The Morgan fingerprint density at radius 2 is 1.93 bits per heavy atom. The normalized spacial score (nSPS) is 36.9. The molecule has 7 unspecified atom stereocenters. The van der Waals surface area contributed by atoms with E-state index in [2.05, 4.69) is 20.9 Å². The van der Waals surface area contributed by atoms with Crippen LogP contribution >= 0.6 is 23.1 Å². The third kappa shape index (κ3) is 3.45. The van der Waals surface area contributed by atoms with Crippen molar-refractivity contribution < 1.29 is 18.0 Å². The first-order chi connectivity index (χ1) is 13.9. The van der Waals surface area contributed by atoms with Gasteiger partial charge < -0.3 is 5.32 Å². The molecule has 5 heterocycles. The van der Waals surface area contributed by atoms with E-state index in [0.29, 0.717) is 0 Å². The molecule has 0 radical (unpaired) electrons. The van der Waals surface area contributed by atoms with Gasteiger partial charge in [-0.15, -0.1) is 23.1 Å². The summed E-state index contributed by atoms with van der Waals surface area (Å²) in [6.45, 7) is 0. The van der Waals surface area contributed by atoms with Crippen LogP contribution in [0.3, 0.4) is 0 Å². The predicted octanol–water partition coefficient (Wildman–Crippen LogP) is 3.00. The molecule has 3 saturated heterocycles. The van der Waals surface area contributed by atoms with Gasteiger partial charge in [-0.1, -0.05) is 6.07 Å². The number of nitrogens with one attached hydrogen (secondary N) is 3. The summed E-state index contributed by atoms with van der Waals surface area (Å²) < 4.78 is 40.7. The third-order valence-corrected chi connectivity index (χ3v) is 8.50. The summed E-state index contributed by atoms with van der Waals surface area (Å²) in [5.41, 5.74) is 0.880. The van der Waals surface area contributed by atoms with E-state index in [4.69, 9.17) is 0 Å². The summed E-state index contributed by atoms with van der Waals surface area (Å²) in [4.78, 5) is 17.8. The van der Waals surface area contributed by atoms with E-state index < -0.39 is 22.8 Å². The molecule has 3 fully saturated rings. The lowest BCUT2D eigenvalue weighted by Gasteiger charge is -2.43. The van der Waals surface area contributed by atoms with Crippen molar-refractivity contribution in [1.82, 2.24) is 20.9 Å². The molecule has 2 aromatic rings. The van der Waals surface area contributed by atoms with E-state index in [1.165, 1.54) is 23.1 Å². The Hall–Kier alpha value is -1.62. The van der Waals surface area contributed by atoms with Gasteiger partial charge in [0.05, 0.1) is 5.37 Å². The molecule has 7 atom stereocenters. The number of alkyl halides is 3. The fourth-order valence-electron chi connectivity index (χ4n) is 4.67. The topological polar surface area (TPSA) is 66.0 Å². The number of thioether (sulfide) groups is 1. The number of carbonyl (C=O) groups is 1. The highest BCUT2D eigenvalue weighted by Crippen LogP contribution is 2.52. The molecule has 5 rings (SSSR count). The van der Waals surface area contributed by atoms with Crippen molar-refractivity contribution >= 4 is 29.0 Å². The Balaban J connectivity index is 1.48. The minimum absolute atomic E-state index is 0.0157. The van der Waals surface area contributed by atoms with Gasteiger partial charge in [0.1, 0.15) is 17.5 Å². The molecule has 0 saturated carbocycles. The molecule has 5 nitrogen and oxygen atoms in total. The molecule has 0 aromatic carbocycles. The number of rotatable bonds is 2. The largest absolute Gasteiger partial charge is 0.403 e. The number of hydrogen-bond donors (Lipinski definition) is 3. The van der Waals surface area contributed by atoms with Gasteiger partial charge in [-0.05, 0) is 35.6 Å². The zero-order valence-corrected chi connectivity index (χ0v) is 16.7. The molecular weight excluding hydrogens is 421 g/mol. The third-order valence-electron chi connectivity index (χ3n) is 5.95. The van der Waals surface area contributed by atoms with Crippen molar-refractivity contribution in [3.05, 3.63) is 52.5 Å². The number of fused-ring (bicyclic) bond motifs is 3. The number of piperidine rings is 1. The second kappa shape index (κ2) is 7.26. The van der Waals surface area contributed by atoms with Gasteiger partial charge in [0.25, 0.3) is 0 Å². The smallest absolute Gasteiger partial charge is 0.336 e. The van der Waals surface area contributed by atoms with E-state index in [0.717, 1.165) is 10.4 Å². The van der Waals surface area contributed by atoms with Crippen LogP contribution in [0.1, 0.15) is 28.9 Å². The lowest BCUT2D eigenvalue weighted by Crippen LogP contribution is -2.61. The molecule has 0 spiro atoms. The average molecular weight is 441 g/mol. The van der Waals surface area contributed by atoms with E-state index in [1.54, 1.807) is 12.4 Å². The Bertz CT molecular complexity index is 879. The van der Waals surface area contributed by atoms with Gasteiger partial charge in [0.15, 0.2) is 0 Å². The highest BCUT2D eigenvalue weighted by atomic mass is 32.2. The van der Waals surface area contributed by atoms with Crippen LogP contribution in [0.4, 0.5) is 13.2 Å². The van der Waals surface area contributed by atoms with Crippen molar-refractivity contribution in [3.8, 4) is 0 Å². The molecule has 1 amide bonds. The van der Waals surface area contributed by atoms with Crippen LogP contribution in [0.5, 0.6) is 0 Å². The number of carbonyl (C=O) groups excluding carboxylic acids is 1. The van der Waals surface area contributed by atoms with Crippen LogP contribution < -0.4 is 16.0 Å². The van der Waals surface area contributed by atoms with Crippen LogP contribution in [0.15, 0.2) is 42.0 Å². The Morgan fingerprint density at radius 3 is 2.62 bits per heavy atom. The van der Waals surface area contributed by atoms with Gasteiger partial charge in [-0.25, -0.2) is 0 Å². The van der Waals surface area contributed by atoms with E-state index in [9.17, 15) is 18.0 Å². The number of nitrogens with zero attached hydrogens (tertiary/aromatic N) is 1. The maximum Gasteiger partial charge on any atom is 0.403 e. The van der Waals surface area contributed by atoms with Crippen LogP contribution in [-0.4, -0.2) is 39.8 Å². The SMILES string of the molecule is O=C1NC(c2ccncc2)NC2C1SC1NC(C(F)(F)F)CC(c3cccs3)C12. The zero-order valence-electron chi connectivity index (χ0n) is 15.1. The Morgan fingerprint density at radius 1 is 1.14 bits per heavy atom. The standard InChI is InChI=1S/C19H19F3N4OS2/c20-19(21,22)12-8-10(11-2-1-7-28-11)13-14-15(29-18(13)24-12)17(27)26-16(25-14)9-3-5-23-6-4-9/h1-7,10,12-16,18,24-25H,8H2,(H,26,27). The molecule has 154 valence electrons. The number of halogens is 3. The lowest BCUT2D eigenvalue weighted by atomic mass is 9.76. The van der Waals surface area contributed by atoms with Gasteiger partial charge in [-0.3, -0.25) is 20.4 Å². The molecule has 29 heavy (non-hydrogen) atoms. The fourth-order valence-corrected chi connectivity index (χ4v) is 7.29. The number of pyridine rings is 1. The van der Waals surface area contributed by atoms with Crippen molar-refractivity contribution in [2.75, 3.05) is 0 Å². The van der Waals surface area contributed by atoms with Crippen LogP contribution in [0.25, 0.3) is 0 Å². The molecule has 0 bridgehead atoms. The number of amides is 1. The number of hydrogen-bond acceptors (Lipinski definition) is 6. The van der Waals surface area contributed by atoms with Gasteiger partial charge in [-0.2, -0.15) is 13.2 Å². The van der Waals surface area contributed by atoms with Crippen molar-refractivity contribution in [3.63, 3.8) is 0 Å². The monoisotopic (exact) mass is 440 g/mol. The zero-order chi connectivity index (χ0) is 20.2. The summed E-state index contributed by atoms with van der Waals surface area (Å²) in [6, 6.07) is 5.65. The first-order valence-corrected chi connectivity index (χ1v) is 11.2. The number of thiophene rings is 1. The summed E-state index contributed by atoms with van der Waals surface area (Å²) in [7, 11) is 0. The second-order valence-corrected chi connectivity index (χ2v) is 9.85. The second-order valence-electron chi connectivity index (χ2n) is 7.59. The fraction of sp³-hybridized carbons (Fsp3) is 0.474. The molecule has 3 aliphatic rings. The van der Waals surface area contributed by atoms with Crippen molar-refractivity contribution in [2.45, 2.75) is 47.4 Å². The van der Waals surface area contributed by atoms with Crippen molar-refractivity contribution in [2.24, 2.45) is 5.92 Å². The van der Waals surface area contributed by atoms with Gasteiger partial charge >= 0.3 is 6.18 Å². The molecule has 10 heteroatoms. The Kier molecular flexibility index (Phi) is 4.84. The van der Waals surface area contributed by atoms with Gasteiger partial charge in [0, 0.05) is 35.1 Å². The maximum atomic E-state index is 13.6. The van der Waals surface area contributed by atoms with Crippen LogP contribution in [0.2, 0.25) is 0 Å². The lowest BCUT2D eigenvalue weighted by molar-refractivity contribution is -0.165. The van der Waals surface area contributed by atoms with Crippen molar-refractivity contribution in [1.29, 1.82) is 0 Å². The van der Waals surface area contributed by atoms with E-state index >= 15 is 0 Å². The van der Waals surface area contributed by atoms with Gasteiger partial charge in [0.2, 0.25) is 5.91 Å². The summed E-state index contributed by atoms with van der Waals surface area (Å²) in [5, 5.41) is 10.3. The highest BCUT2D eigenvalue weighted by Gasteiger charge is 2.59. The molecular formula is C19H19F3N4OS2. The molecule has 3 aliphatic heterocycles.